The van der Waals surface area contributed by atoms with E-state index in [0.717, 1.165) is 25.7 Å². The van der Waals surface area contributed by atoms with Crippen molar-refractivity contribution in [2.75, 3.05) is 42.7 Å². The molecular weight excluding hydrogens is 453 g/mol. The number of carboxylic acid groups (broad SMARTS) is 1. The third-order valence-corrected chi connectivity index (χ3v) is 6.51. The third-order valence-electron chi connectivity index (χ3n) is 6.51. The molecule has 11 heteroatoms. The van der Waals surface area contributed by atoms with Crippen LogP contribution in [0.4, 0.5) is 27.9 Å². The number of carbonyl (C=O) groups is 1. The summed E-state index contributed by atoms with van der Waals surface area (Å²) in [6, 6.07) is 5.02. The van der Waals surface area contributed by atoms with Gasteiger partial charge in [-0.25, -0.2) is 4.39 Å². The van der Waals surface area contributed by atoms with E-state index in [0.29, 0.717) is 42.7 Å². The number of carboxylic acids is 1. The molecular formula is C24H34FN7O3. The van der Waals surface area contributed by atoms with Crippen molar-refractivity contribution in [2.24, 2.45) is 0 Å². The average molecular weight is 488 g/mol. The summed E-state index contributed by atoms with van der Waals surface area (Å²) >= 11 is 0. The normalized spacial score (nSPS) is 18.0. The lowest BCUT2D eigenvalue weighted by Gasteiger charge is -2.31. The van der Waals surface area contributed by atoms with Gasteiger partial charge in [-0.3, -0.25) is 9.69 Å². The van der Waals surface area contributed by atoms with E-state index in [4.69, 9.17) is 9.84 Å². The monoisotopic (exact) mass is 487 g/mol. The van der Waals surface area contributed by atoms with Crippen molar-refractivity contribution in [2.45, 2.75) is 63.5 Å². The number of ether oxygens (including phenoxy) is 1. The van der Waals surface area contributed by atoms with Crippen molar-refractivity contribution in [1.29, 1.82) is 0 Å². The maximum atomic E-state index is 14.2. The molecule has 1 aromatic carbocycles. The Morgan fingerprint density at radius 2 is 1.60 bits per heavy atom. The van der Waals surface area contributed by atoms with E-state index >= 15 is 0 Å². The van der Waals surface area contributed by atoms with Gasteiger partial charge in [0.05, 0.1) is 13.7 Å². The maximum Gasteiger partial charge on any atom is 0.317 e. The fourth-order valence-electron chi connectivity index (χ4n) is 4.65. The number of nitrogens with one attached hydrogen (secondary N) is 3. The molecule has 1 aliphatic heterocycles. The largest absolute Gasteiger partial charge is 0.494 e. The Bertz CT molecular complexity index is 993. The second-order valence-electron chi connectivity index (χ2n) is 9.20. The molecule has 1 aliphatic carbocycles. The molecule has 0 atom stereocenters. The molecule has 35 heavy (non-hydrogen) atoms. The minimum atomic E-state index is -0.811. The number of anilines is 4. The van der Waals surface area contributed by atoms with Crippen LogP contribution < -0.4 is 20.7 Å². The van der Waals surface area contributed by atoms with Crippen molar-refractivity contribution >= 4 is 29.5 Å². The number of aliphatic carboxylic acids is 1. The molecule has 1 saturated carbocycles. The molecule has 10 nitrogen and oxygen atoms in total. The number of aromatic nitrogens is 3. The van der Waals surface area contributed by atoms with Crippen LogP contribution in [0.25, 0.3) is 0 Å². The van der Waals surface area contributed by atoms with Crippen molar-refractivity contribution in [3.63, 3.8) is 0 Å². The van der Waals surface area contributed by atoms with Crippen molar-refractivity contribution in [1.82, 2.24) is 19.9 Å². The van der Waals surface area contributed by atoms with Gasteiger partial charge in [0, 0.05) is 36.9 Å². The van der Waals surface area contributed by atoms with Gasteiger partial charge in [0.25, 0.3) is 0 Å². The Morgan fingerprint density at radius 1 is 1.00 bits per heavy atom. The van der Waals surface area contributed by atoms with E-state index < -0.39 is 11.8 Å². The number of hydrogen-bond acceptors (Lipinski definition) is 9. The van der Waals surface area contributed by atoms with Crippen molar-refractivity contribution in [3.05, 3.63) is 24.0 Å². The second-order valence-corrected chi connectivity index (χ2v) is 9.20. The molecule has 2 aromatic rings. The molecule has 0 radical (unpaired) electrons. The average Bonchev–Trinajstić information content (AvgIpc) is 3.09. The molecule has 2 fully saturated rings. The number of methoxy groups -OCH3 is 1. The van der Waals surface area contributed by atoms with Gasteiger partial charge >= 0.3 is 5.97 Å². The lowest BCUT2D eigenvalue weighted by atomic mass is 10.1. The van der Waals surface area contributed by atoms with Crippen LogP contribution in [0.2, 0.25) is 0 Å². The predicted octanol–water partition coefficient (Wildman–Crippen LogP) is 3.86. The smallest absolute Gasteiger partial charge is 0.317 e. The lowest BCUT2D eigenvalue weighted by molar-refractivity contribution is -0.138. The summed E-state index contributed by atoms with van der Waals surface area (Å²) in [7, 11) is 1.42. The van der Waals surface area contributed by atoms with Crippen LogP contribution in [0.15, 0.2) is 18.2 Å². The number of nitrogens with zero attached hydrogens (tertiary/aromatic N) is 4. The Kier molecular flexibility index (Phi) is 8.51. The molecule has 0 amide bonds. The molecule has 4 rings (SSSR count). The molecule has 1 aromatic heterocycles. The van der Waals surface area contributed by atoms with Crippen LogP contribution in [0.3, 0.4) is 0 Å². The van der Waals surface area contributed by atoms with Gasteiger partial charge in [0.15, 0.2) is 11.6 Å². The molecule has 4 N–H and O–H groups in total. The highest BCUT2D eigenvalue weighted by molar-refractivity contribution is 5.69. The zero-order valence-corrected chi connectivity index (χ0v) is 20.1. The number of rotatable bonds is 9. The van der Waals surface area contributed by atoms with E-state index in [1.165, 1.54) is 38.9 Å². The summed E-state index contributed by atoms with van der Waals surface area (Å²) in [5.41, 5.74) is 0.503. The van der Waals surface area contributed by atoms with E-state index in [1.54, 1.807) is 12.1 Å². The van der Waals surface area contributed by atoms with Crippen LogP contribution in [0.1, 0.15) is 51.4 Å². The van der Waals surface area contributed by atoms with Crippen LogP contribution in [0.5, 0.6) is 5.75 Å². The van der Waals surface area contributed by atoms with Gasteiger partial charge in [-0.05, 0) is 37.8 Å². The Labute approximate surface area is 204 Å². The zero-order chi connectivity index (χ0) is 24.6. The van der Waals surface area contributed by atoms with Gasteiger partial charge in [0.1, 0.15) is 0 Å². The first-order chi connectivity index (χ1) is 17.0. The third kappa shape index (κ3) is 7.38. The van der Waals surface area contributed by atoms with Gasteiger partial charge < -0.3 is 25.8 Å². The summed E-state index contributed by atoms with van der Waals surface area (Å²) in [6.45, 7) is 1.44. The summed E-state index contributed by atoms with van der Waals surface area (Å²) in [6.07, 6.45) is 8.58. The lowest BCUT2D eigenvalue weighted by Crippen LogP contribution is -2.41. The van der Waals surface area contributed by atoms with E-state index in [-0.39, 0.29) is 18.3 Å². The molecule has 0 bridgehead atoms. The van der Waals surface area contributed by atoms with Crippen LogP contribution >= 0.6 is 0 Å². The topological polar surface area (TPSA) is 125 Å². The van der Waals surface area contributed by atoms with Gasteiger partial charge in [-0.15, -0.1) is 0 Å². The SMILES string of the molecule is COc1ccc(Nc2nc(NC3CCCCCC3)nc(NC3CCN(CC(=O)O)CC3)n2)cc1F. The van der Waals surface area contributed by atoms with E-state index in [1.807, 2.05) is 4.90 Å². The molecule has 190 valence electrons. The highest BCUT2D eigenvalue weighted by Gasteiger charge is 2.22. The highest BCUT2D eigenvalue weighted by atomic mass is 19.1. The minimum Gasteiger partial charge on any atom is -0.494 e. The van der Waals surface area contributed by atoms with Gasteiger partial charge in [-0.2, -0.15) is 15.0 Å². The Balaban J connectivity index is 1.49. The van der Waals surface area contributed by atoms with Crippen LogP contribution in [-0.2, 0) is 4.79 Å². The Morgan fingerprint density at radius 3 is 2.17 bits per heavy atom. The van der Waals surface area contributed by atoms with Gasteiger partial charge in [0.2, 0.25) is 17.8 Å². The number of halogens is 1. The summed E-state index contributed by atoms with van der Waals surface area (Å²) in [5, 5.41) is 19.0. The molecule has 2 heterocycles. The first-order valence-electron chi connectivity index (χ1n) is 12.3. The van der Waals surface area contributed by atoms with Crippen molar-refractivity contribution < 1.29 is 19.0 Å². The van der Waals surface area contributed by atoms with Crippen LogP contribution in [0, 0.1) is 5.82 Å². The first kappa shape index (κ1) is 24.9. The maximum absolute atomic E-state index is 14.2. The molecule has 0 unspecified atom stereocenters. The quantitative estimate of drug-likeness (QED) is 0.388. The summed E-state index contributed by atoms with van der Waals surface area (Å²) in [5.74, 6) is 0.104. The van der Waals surface area contributed by atoms with E-state index in [9.17, 15) is 9.18 Å². The number of piperidine rings is 1. The minimum absolute atomic E-state index is 0.0560. The number of benzene rings is 1. The molecule has 1 saturated heterocycles. The summed E-state index contributed by atoms with van der Waals surface area (Å²) in [4.78, 5) is 26.6. The number of likely N-dealkylation sites (tertiary alicyclic amines) is 1. The highest BCUT2D eigenvalue weighted by Crippen LogP contribution is 2.25. The fraction of sp³-hybridized carbons (Fsp3) is 0.583. The molecule has 2 aliphatic rings. The Hall–Kier alpha value is -3.21. The second kappa shape index (κ2) is 12.0. The van der Waals surface area contributed by atoms with Crippen LogP contribution in [-0.4, -0.2) is 69.8 Å². The standard InChI is InChI=1S/C24H34FN7O3/c1-35-20-9-8-18(14-19(20)25)28-24-30-22(26-16-6-4-2-3-5-7-16)29-23(31-24)27-17-10-12-32(13-11-17)15-21(33)34/h8-9,14,16-17H,2-7,10-13,15H2,1H3,(H,33,34)(H3,26,27,28,29,30,31). The van der Waals surface area contributed by atoms with Gasteiger partial charge in [-0.1, -0.05) is 25.7 Å². The fourth-order valence-corrected chi connectivity index (χ4v) is 4.65. The van der Waals surface area contributed by atoms with Crippen molar-refractivity contribution in [3.8, 4) is 5.75 Å². The first-order valence-corrected chi connectivity index (χ1v) is 12.3. The summed E-state index contributed by atoms with van der Waals surface area (Å²) < 4.78 is 19.2. The number of hydrogen-bond donors (Lipinski definition) is 4. The van der Waals surface area contributed by atoms with E-state index in [2.05, 4.69) is 30.9 Å². The molecule has 0 spiro atoms. The predicted molar refractivity (Wildman–Crippen MR) is 132 cm³/mol. The zero-order valence-electron chi connectivity index (χ0n) is 20.1.